The number of aromatic nitrogens is 4. The molecule has 0 fully saturated rings. The van der Waals surface area contributed by atoms with Crippen LogP contribution in [0.15, 0.2) is 122 Å². The van der Waals surface area contributed by atoms with E-state index in [2.05, 4.69) is 141 Å². The molecule has 4 aromatic heterocycles. The minimum Gasteiger partial charge on any atom is -0.455 e. The van der Waals surface area contributed by atoms with Gasteiger partial charge in [0.2, 0.25) is 5.69 Å². The second-order valence-corrected chi connectivity index (χ2v) is 12.1. The number of benzene rings is 3. The van der Waals surface area contributed by atoms with Crippen molar-refractivity contribution in [3.63, 3.8) is 0 Å². The van der Waals surface area contributed by atoms with Crippen molar-refractivity contribution >= 4 is 22.7 Å². The fourth-order valence-corrected chi connectivity index (χ4v) is 7.96. The summed E-state index contributed by atoms with van der Waals surface area (Å²) in [5.74, 6) is 4.30. The maximum atomic E-state index is 6.91. The Morgan fingerprint density at radius 3 is 2.36 bits per heavy atom. The predicted octanol–water partition coefficient (Wildman–Crippen LogP) is 7.52. The Labute approximate surface area is 260 Å². The Morgan fingerprint density at radius 2 is 1.49 bits per heavy atom. The van der Waals surface area contributed by atoms with Crippen LogP contribution in [0.25, 0.3) is 11.2 Å². The molecule has 0 saturated heterocycles. The molecule has 0 saturated carbocycles. The second kappa shape index (κ2) is 8.42. The van der Waals surface area contributed by atoms with Gasteiger partial charge in [-0.2, -0.15) is 0 Å². The van der Waals surface area contributed by atoms with Gasteiger partial charge in [-0.3, -0.25) is 4.90 Å². The lowest BCUT2D eigenvalue weighted by molar-refractivity contribution is -0.999. The third-order valence-electron chi connectivity index (χ3n) is 9.50. The first kappa shape index (κ1) is 24.6. The zero-order valence-electron chi connectivity index (χ0n) is 25.1. The van der Waals surface area contributed by atoms with Gasteiger partial charge in [-0.1, -0.05) is 34.9 Å². The quantitative estimate of drug-likeness (QED) is 0.201. The molecule has 1 atom stereocenters. The molecule has 7 aromatic rings. The number of hydrogen-bond acceptors (Lipinski definition) is 3. The molecule has 3 aliphatic rings. The number of ether oxygens (including phenoxy) is 2. The molecule has 3 aromatic carbocycles. The average molecular weight is 588 g/mol. The molecule has 1 unspecified atom stereocenters. The van der Waals surface area contributed by atoms with Crippen molar-refractivity contribution in [2.24, 2.45) is 0 Å². The van der Waals surface area contributed by atoms with E-state index in [1.807, 2.05) is 24.3 Å². The Kier molecular flexibility index (Phi) is 4.60. The molecule has 0 bridgehead atoms. The summed E-state index contributed by atoms with van der Waals surface area (Å²) < 4.78 is 22.7. The van der Waals surface area contributed by atoms with Gasteiger partial charge < -0.3 is 13.9 Å². The van der Waals surface area contributed by atoms with Crippen molar-refractivity contribution in [3.8, 4) is 28.8 Å². The third-order valence-corrected chi connectivity index (χ3v) is 9.50. The van der Waals surface area contributed by atoms with Crippen molar-refractivity contribution in [2.75, 3.05) is 4.90 Å². The number of hydrogen-bond donors (Lipinski definition) is 0. The van der Waals surface area contributed by atoms with Crippen LogP contribution in [0.5, 0.6) is 23.1 Å². The smallest absolute Gasteiger partial charge is 0.452 e. The van der Waals surface area contributed by atoms with Crippen molar-refractivity contribution in [3.05, 3.63) is 150 Å². The fourth-order valence-electron chi connectivity index (χ4n) is 7.96. The lowest BCUT2D eigenvalue weighted by Crippen LogP contribution is -2.76. The Balaban J connectivity index is 1.34. The van der Waals surface area contributed by atoms with Crippen LogP contribution >= 0.6 is 0 Å². The molecular weight excluding hydrogens is 558 g/mol. The lowest BCUT2D eigenvalue weighted by atomic mass is 9.85. The van der Waals surface area contributed by atoms with Gasteiger partial charge in [-0.15, -0.1) is 4.68 Å². The molecule has 0 amide bonds. The van der Waals surface area contributed by atoms with Gasteiger partial charge in [0, 0.05) is 42.5 Å². The zero-order chi connectivity index (χ0) is 30.0. The number of aryl methyl sites for hydroxylation is 3. The van der Waals surface area contributed by atoms with Crippen LogP contribution in [-0.2, 0) is 5.66 Å². The number of nitrogens with zero attached hydrogens (tertiary/aromatic N) is 5. The van der Waals surface area contributed by atoms with Gasteiger partial charge in [0.25, 0.3) is 0 Å². The summed E-state index contributed by atoms with van der Waals surface area (Å²) in [5.41, 5.74) is 9.18. The zero-order valence-corrected chi connectivity index (χ0v) is 25.1. The lowest BCUT2D eigenvalue weighted by Gasteiger charge is -2.32. The summed E-state index contributed by atoms with van der Waals surface area (Å²) in [7, 11) is 0. The van der Waals surface area contributed by atoms with Gasteiger partial charge in [-0.25, -0.2) is 0 Å². The molecule has 0 aliphatic carbocycles. The first-order valence-electron chi connectivity index (χ1n) is 15.3. The van der Waals surface area contributed by atoms with Crippen LogP contribution in [-0.4, -0.2) is 9.08 Å². The Bertz CT molecular complexity index is 2390. The van der Waals surface area contributed by atoms with Crippen molar-refractivity contribution in [2.45, 2.75) is 26.4 Å². The van der Waals surface area contributed by atoms with E-state index in [4.69, 9.17) is 9.47 Å². The molecule has 10 rings (SSSR count). The molecule has 1 spiro atoms. The van der Waals surface area contributed by atoms with E-state index in [-0.39, 0.29) is 0 Å². The first-order valence-corrected chi connectivity index (χ1v) is 15.3. The SMILES string of the molecule is Cc1cc2ccccn2c1N(c1ccccc1)c1cc2c3c(c1)-n1c(C)cc(C)[n+]1C31c3c(cccc3Oc3cccc[n+]31)O2. The highest BCUT2D eigenvalue weighted by Gasteiger charge is 2.72. The van der Waals surface area contributed by atoms with E-state index >= 15 is 0 Å². The molecule has 0 N–H and O–H groups in total. The van der Waals surface area contributed by atoms with Crippen LogP contribution in [0.4, 0.5) is 17.2 Å². The van der Waals surface area contributed by atoms with Crippen LogP contribution < -0.4 is 23.6 Å². The van der Waals surface area contributed by atoms with Crippen LogP contribution in [0, 0.1) is 20.8 Å². The Hall–Kier alpha value is -5.82. The topological polar surface area (TPSA) is 38.8 Å². The Morgan fingerprint density at radius 1 is 0.689 bits per heavy atom. The molecule has 7 heterocycles. The summed E-state index contributed by atoms with van der Waals surface area (Å²) in [4.78, 5) is 2.35. The van der Waals surface area contributed by atoms with E-state index in [9.17, 15) is 0 Å². The van der Waals surface area contributed by atoms with Crippen LogP contribution in [0.2, 0.25) is 0 Å². The highest BCUT2D eigenvalue weighted by Crippen LogP contribution is 2.57. The molecular formula is C38H29N5O2+2. The molecule has 0 radical (unpaired) electrons. The van der Waals surface area contributed by atoms with E-state index in [1.165, 1.54) is 5.56 Å². The third kappa shape index (κ3) is 2.95. The monoisotopic (exact) mass is 587 g/mol. The predicted molar refractivity (Wildman–Crippen MR) is 171 cm³/mol. The highest BCUT2D eigenvalue weighted by atomic mass is 16.5. The summed E-state index contributed by atoms with van der Waals surface area (Å²) in [6.07, 6.45) is 4.26. The average Bonchev–Trinajstić information content (AvgIpc) is 3.66. The van der Waals surface area contributed by atoms with Crippen LogP contribution in [0.3, 0.4) is 0 Å². The largest absolute Gasteiger partial charge is 0.455 e. The summed E-state index contributed by atoms with van der Waals surface area (Å²) >= 11 is 0. The molecule has 216 valence electrons. The summed E-state index contributed by atoms with van der Waals surface area (Å²) in [5, 5.41) is 0. The molecule has 7 heteroatoms. The van der Waals surface area contributed by atoms with E-state index in [0.717, 1.165) is 74.0 Å². The van der Waals surface area contributed by atoms with Gasteiger partial charge in [0.1, 0.15) is 23.0 Å². The van der Waals surface area contributed by atoms with Gasteiger partial charge in [0.15, 0.2) is 23.1 Å². The molecule has 7 nitrogen and oxygen atoms in total. The van der Waals surface area contributed by atoms with E-state index in [1.54, 1.807) is 0 Å². The number of anilines is 3. The maximum absolute atomic E-state index is 6.91. The van der Waals surface area contributed by atoms with Crippen molar-refractivity contribution in [1.29, 1.82) is 0 Å². The fraction of sp³-hybridized carbons (Fsp3) is 0.105. The summed E-state index contributed by atoms with van der Waals surface area (Å²) in [6, 6.07) is 38.2. The van der Waals surface area contributed by atoms with E-state index < -0.39 is 5.66 Å². The number of pyridine rings is 2. The van der Waals surface area contributed by atoms with Gasteiger partial charge >= 0.3 is 11.5 Å². The summed E-state index contributed by atoms with van der Waals surface area (Å²) in [6.45, 7) is 6.55. The standard InChI is InChI=1S/C38H29N5O2/c1-24-20-28-14-7-9-18-39(28)37(24)41(27-12-5-4-6-13-27)29-22-30-35-33(23-29)44-31-15-11-16-32-36(31)38(35,40-19-10-8-17-34(40)45-32)43-26(3)21-25(2)42(30)43/h4-23H,1-3H3/q+2. The normalized spacial score (nSPS) is 16.3. The van der Waals surface area contributed by atoms with Gasteiger partial charge in [0.05, 0.1) is 17.4 Å². The number of fused-ring (bicyclic) bond motifs is 4. The van der Waals surface area contributed by atoms with E-state index in [0.29, 0.717) is 0 Å². The van der Waals surface area contributed by atoms with Gasteiger partial charge in [-0.05, 0) is 78.7 Å². The number of para-hydroxylation sites is 1. The van der Waals surface area contributed by atoms with Crippen LogP contribution in [0.1, 0.15) is 28.1 Å². The second-order valence-electron chi connectivity index (χ2n) is 12.1. The number of rotatable bonds is 3. The van der Waals surface area contributed by atoms with Crippen molar-refractivity contribution in [1.82, 2.24) is 9.08 Å². The maximum Gasteiger partial charge on any atom is 0.452 e. The molecule has 45 heavy (non-hydrogen) atoms. The molecule has 3 aliphatic heterocycles. The first-order chi connectivity index (χ1) is 22.1. The minimum absolute atomic E-state index is 0.726. The minimum atomic E-state index is -0.726. The van der Waals surface area contributed by atoms with Crippen molar-refractivity contribution < 1.29 is 18.7 Å². The highest BCUT2D eigenvalue weighted by molar-refractivity contribution is 5.83.